The van der Waals surface area contributed by atoms with Crippen molar-refractivity contribution < 1.29 is 13.3 Å². The van der Waals surface area contributed by atoms with Gasteiger partial charge in [0.25, 0.3) is 5.69 Å². The van der Waals surface area contributed by atoms with Crippen molar-refractivity contribution in [3.8, 4) is 0 Å². The Morgan fingerprint density at radius 2 is 2.27 bits per heavy atom. The van der Waals surface area contributed by atoms with Gasteiger partial charge in [-0.15, -0.1) is 0 Å². The van der Waals surface area contributed by atoms with E-state index in [0.29, 0.717) is 27.4 Å². The van der Waals surface area contributed by atoms with Crippen molar-refractivity contribution in [1.29, 1.82) is 0 Å². The zero-order valence-corrected chi connectivity index (χ0v) is 15.4. The molecular weight excluding hydrogens is 412 g/mol. The summed E-state index contributed by atoms with van der Waals surface area (Å²) >= 11 is 9.76. The average Bonchev–Trinajstić information content (AvgIpc) is 2.76. The van der Waals surface area contributed by atoms with Gasteiger partial charge in [0.2, 0.25) is 0 Å². The number of non-ortho nitro benzene ring substituents is 1. The number of nitro groups is 1. The summed E-state index contributed by atoms with van der Waals surface area (Å²) in [6, 6.07) is 4.52. The first-order valence-corrected chi connectivity index (χ1v) is 10.3. The molecule has 0 amide bonds. The topological polar surface area (TPSA) is 89.3 Å². The Morgan fingerprint density at radius 1 is 1.55 bits per heavy atom. The number of thioether (sulfide) groups is 1. The fourth-order valence-electron chi connectivity index (χ4n) is 2.04. The molecule has 1 heterocycles. The van der Waals surface area contributed by atoms with E-state index in [-0.39, 0.29) is 11.4 Å². The third-order valence-corrected chi connectivity index (χ3v) is 7.34. The smallest absolute Gasteiger partial charge is 0.270 e. The molecule has 6 nitrogen and oxygen atoms in total. The average molecular weight is 425 g/mol. The molecular formula is C12H13BrN2O4S3. The van der Waals surface area contributed by atoms with Crippen molar-refractivity contribution in [3.05, 3.63) is 38.3 Å². The number of nitrogens with one attached hydrogen (secondary N) is 1. The second kappa shape index (κ2) is 7.24. The summed E-state index contributed by atoms with van der Waals surface area (Å²) in [6.07, 6.45) is 1.23. The van der Waals surface area contributed by atoms with E-state index in [1.807, 2.05) is 0 Å². The second-order valence-electron chi connectivity index (χ2n) is 4.75. The van der Waals surface area contributed by atoms with Gasteiger partial charge >= 0.3 is 0 Å². The van der Waals surface area contributed by atoms with Gasteiger partial charge in [-0.05, 0) is 18.4 Å². The van der Waals surface area contributed by atoms with Crippen LogP contribution in [0.15, 0.2) is 22.7 Å². The number of halogens is 1. The molecule has 0 aliphatic carbocycles. The van der Waals surface area contributed by atoms with Crippen molar-refractivity contribution in [2.24, 2.45) is 0 Å². The maximum atomic E-state index is 11.7. The molecule has 0 bridgehead atoms. The van der Waals surface area contributed by atoms with Crippen LogP contribution in [0, 0.1) is 10.1 Å². The van der Waals surface area contributed by atoms with E-state index in [2.05, 4.69) is 21.2 Å². The van der Waals surface area contributed by atoms with Gasteiger partial charge in [-0.3, -0.25) is 10.1 Å². The monoisotopic (exact) mass is 424 g/mol. The molecule has 1 fully saturated rings. The summed E-state index contributed by atoms with van der Waals surface area (Å²) in [7, 11) is -3.08. The van der Waals surface area contributed by atoms with Crippen molar-refractivity contribution in [3.63, 3.8) is 0 Å². The number of rotatable bonds is 4. The molecule has 0 spiro atoms. The first-order valence-electron chi connectivity index (χ1n) is 6.37. The lowest BCUT2D eigenvalue weighted by molar-refractivity contribution is -0.384. The molecule has 0 saturated carbocycles. The van der Waals surface area contributed by atoms with E-state index in [1.165, 1.54) is 23.9 Å². The first-order chi connectivity index (χ1) is 10.3. The predicted octanol–water partition coefficient (Wildman–Crippen LogP) is 3.00. The highest BCUT2D eigenvalue weighted by molar-refractivity contribution is 9.10. The standard InChI is InChI=1S/C12H13BrN2O4S3/c13-10-6-9(15(16)17)4-3-8(10)7-21-12(20)14-11-2-1-5-22(11,18)19/h3-4,6,11H,1-2,5,7H2,(H,14,20). The highest BCUT2D eigenvalue weighted by Crippen LogP contribution is 2.27. The number of thiocarbonyl (C=S) groups is 1. The van der Waals surface area contributed by atoms with Crippen LogP contribution in [-0.2, 0) is 15.6 Å². The Hall–Kier alpha value is -0.710. The largest absolute Gasteiger partial charge is 0.355 e. The number of hydrogen-bond acceptors (Lipinski definition) is 6. The lowest BCUT2D eigenvalue weighted by Gasteiger charge is -2.14. The number of sulfone groups is 1. The minimum atomic E-state index is -3.08. The highest BCUT2D eigenvalue weighted by Gasteiger charge is 2.31. The van der Waals surface area contributed by atoms with E-state index in [0.717, 1.165) is 5.56 Å². The lowest BCUT2D eigenvalue weighted by Crippen LogP contribution is -2.35. The first kappa shape index (κ1) is 17.6. The minimum Gasteiger partial charge on any atom is -0.355 e. The number of nitro benzene ring substituents is 1. The Labute approximate surface area is 146 Å². The SMILES string of the molecule is O=[N+]([O-])c1ccc(CSC(=S)NC2CCCS2(=O)=O)c(Br)c1. The fraction of sp³-hybridized carbons (Fsp3) is 0.417. The molecule has 1 aliphatic heterocycles. The third kappa shape index (κ3) is 4.40. The molecule has 2 rings (SSSR count). The molecule has 1 saturated heterocycles. The molecule has 10 heteroatoms. The Bertz CT molecular complexity index is 708. The summed E-state index contributed by atoms with van der Waals surface area (Å²) in [5, 5.41) is 13.0. The lowest BCUT2D eigenvalue weighted by atomic mass is 10.2. The Morgan fingerprint density at radius 3 is 2.82 bits per heavy atom. The van der Waals surface area contributed by atoms with Crippen LogP contribution < -0.4 is 5.32 Å². The van der Waals surface area contributed by atoms with Crippen LogP contribution in [-0.4, -0.2) is 28.8 Å². The van der Waals surface area contributed by atoms with E-state index in [1.54, 1.807) is 6.07 Å². The summed E-state index contributed by atoms with van der Waals surface area (Å²) in [4.78, 5) is 10.2. The molecule has 1 atom stereocenters. The van der Waals surface area contributed by atoms with Crippen LogP contribution in [0.1, 0.15) is 18.4 Å². The van der Waals surface area contributed by atoms with Crippen LogP contribution in [0.2, 0.25) is 0 Å². The van der Waals surface area contributed by atoms with E-state index < -0.39 is 20.1 Å². The van der Waals surface area contributed by atoms with Gasteiger partial charge in [0.05, 0.1) is 10.7 Å². The van der Waals surface area contributed by atoms with Crippen LogP contribution in [0.4, 0.5) is 5.69 Å². The van der Waals surface area contributed by atoms with Crippen LogP contribution in [0.3, 0.4) is 0 Å². The number of benzene rings is 1. The van der Waals surface area contributed by atoms with Gasteiger partial charge in [-0.1, -0.05) is 46.0 Å². The zero-order chi connectivity index (χ0) is 16.3. The van der Waals surface area contributed by atoms with Gasteiger partial charge in [-0.2, -0.15) is 0 Å². The van der Waals surface area contributed by atoms with Crippen LogP contribution in [0.5, 0.6) is 0 Å². The van der Waals surface area contributed by atoms with Crippen LogP contribution in [0.25, 0.3) is 0 Å². The molecule has 1 aromatic carbocycles. The van der Waals surface area contributed by atoms with Crippen molar-refractivity contribution in [1.82, 2.24) is 5.32 Å². The molecule has 1 aromatic rings. The van der Waals surface area contributed by atoms with Crippen molar-refractivity contribution in [2.45, 2.75) is 24.0 Å². The summed E-state index contributed by atoms with van der Waals surface area (Å²) in [5.74, 6) is 0.697. The number of hydrogen-bond donors (Lipinski definition) is 1. The molecule has 120 valence electrons. The normalized spacial score (nSPS) is 19.8. The van der Waals surface area contributed by atoms with Crippen LogP contribution >= 0.6 is 39.9 Å². The fourth-order valence-corrected chi connectivity index (χ4v) is 5.64. The Balaban J connectivity index is 1.93. The highest BCUT2D eigenvalue weighted by atomic mass is 79.9. The summed E-state index contributed by atoms with van der Waals surface area (Å²) in [5.41, 5.74) is 0.868. The summed E-state index contributed by atoms with van der Waals surface area (Å²) in [6.45, 7) is 0. The number of nitrogens with zero attached hydrogens (tertiary/aromatic N) is 1. The minimum absolute atomic E-state index is 0.0124. The van der Waals surface area contributed by atoms with Gasteiger partial charge in [0.15, 0.2) is 9.84 Å². The Kier molecular flexibility index (Phi) is 5.81. The van der Waals surface area contributed by atoms with Crippen molar-refractivity contribution >= 4 is 59.8 Å². The third-order valence-electron chi connectivity index (χ3n) is 3.21. The molecule has 22 heavy (non-hydrogen) atoms. The second-order valence-corrected chi connectivity index (χ2v) is 9.56. The van der Waals surface area contributed by atoms with Crippen molar-refractivity contribution in [2.75, 3.05) is 5.75 Å². The van der Waals surface area contributed by atoms with E-state index >= 15 is 0 Å². The molecule has 1 N–H and O–H groups in total. The molecule has 0 radical (unpaired) electrons. The van der Waals surface area contributed by atoms with E-state index in [9.17, 15) is 18.5 Å². The summed E-state index contributed by atoms with van der Waals surface area (Å²) < 4.78 is 24.5. The molecule has 0 aromatic heterocycles. The zero-order valence-electron chi connectivity index (χ0n) is 11.3. The van der Waals surface area contributed by atoms with Gasteiger partial charge < -0.3 is 5.32 Å². The van der Waals surface area contributed by atoms with Gasteiger partial charge in [-0.25, -0.2) is 8.42 Å². The predicted molar refractivity (Wildman–Crippen MR) is 94.6 cm³/mol. The maximum absolute atomic E-state index is 11.7. The molecule has 1 aliphatic rings. The quantitative estimate of drug-likeness (QED) is 0.451. The van der Waals surface area contributed by atoms with E-state index in [4.69, 9.17) is 12.2 Å². The maximum Gasteiger partial charge on any atom is 0.270 e. The van der Waals surface area contributed by atoms with Gasteiger partial charge in [0, 0.05) is 22.4 Å². The molecule has 1 unspecified atom stereocenters. The van der Waals surface area contributed by atoms with Gasteiger partial charge in [0.1, 0.15) is 9.69 Å².